The molecule has 0 aliphatic carbocycles. The number of hydrogen-bond donors (Lipinski definition) is 1. The number of nitrogens with one attached hydrogen (secondary N) is 1. The van der Waals surface area contributed by atoms with E-state index in [1.54, 1.807) is 6.33 Å². The summed E-state index contributed by atoms with van der Waals surface area (Å²) < 4.78 is 0. The summed E-state index contributed by atoms with van der Waals surface area (Å²) in [6.07, 6.45) is 3.52. The lowest BCUT2D eigenvalue weighted by molar-refractivity contribution is 0.876. The number of fused-ring (bicyclic) bond motifs is 1. The third-order valence-electron chi connectivity index (χ3n) is 3.09. The number of rotatable bonds is 2. The Hall–Kier alpha value is -2.16. The number of aromatic amines is 1. The number of nitrogens with zero attached hydrogens (tertiary/aromatic N) is 2. The fourth-order valence-corrected chi connectivity index (χ4v) is 2.14. The van der Waals surface area contributed by atoms with Crippen LogP contribution in [0.25, 0.3) is 11.0 Å². The predicted octanol–water partition coefficient (Wildman–Crippen LogP) is 3.11. The van der Waals surface area contributed by atoms with Crippen molar-refractivity contribution in [3.63, 3.8) is 0 Å². The normalized spacial score (nSPS) is 12.8. The van der Waals surface area contributed by atoms with Gasteiger partial charge in [0.05, 0.1) is 5.69 Å². The van der Waals surface area contributed by atoms with E-state index in [1.165, 1.54) is 5.56 Å². The van der Waals surface area contributed by atoms with Gasteiger partial charge in [0.15, 0.2) is 0 Å². The largest absolute Gasteiger partial charge is 0.346 e. The molecule has 2 heterocycles. The molecule has 1 aromatic carbocycles. The Morgan fingerprint density at radius 1 is 1.06 bits per heavy atom. The molecule has 0 fully saturated rings. The van der Waals surface area contributed by atoms with E-state index in [1.807, 2.05) is 18.3 Å². The molecule has 3 nitrogen and oxygen atoms in total. The molecule has 0 amide bonds. The van der Waals surface area contributed by atoms with E-state index in [9.17, 15) is 0 Å². The molecule has 0 saturated carbocycles. The van der Waals surface area contributed by atoms with E-state index in [-0.39, 0.29) is 5.92 Å². The second kappa shape index (κ2) is 4.01. The molecule has 3 aromatic rings. The van der Waals surface area contributed by atoms with E-state index in [4.69, 9.17) is 0 Å². The van der Waals surface area contributed by atoms with Crippen molar-refractivity contribution in [2.45, 2.75) is 12.8 Å². The van der Waals surface area contributed by atoms with E-state index in [2.05, 4.69) is 46.1 Å². The molecule has 1 atom stereocenters. The third kappa shape index (κ3) is 1.69. The molecule has 0 spiro atoms. The number of aromatic nitrogens is 3. The van der Waals surface area contributed by atoms with Crippen molar-refractivity contribution in [2.24, 2.45) is 0 Å². The summed E-state index contributed by atoms with van der Waals surface area (Å²) in [5.74, 6) is 0.275. The van der Waals surface area contributed by atoms with Crippen LogP contribution >= 0.6 is 0 Å². The van der Waals surface area contributed by atoms with E-state index in [0.29, 0.717) is 0 Å². The van der Waals surface area contributed by atoms with Crippen molar-refractivity contribution in [3.05, 3.63) is 60.2 Å². The molecular formula is C14H13N3. The highest BCUT2D eigenvalue weighted by Gasteiger charge is 2.13. The zero-order valence-electron chi connectivity index (χ0n) is 9.59. The Kier molecular flexibility index (Phi) is 2.37. The maximum absolute atomic E-state index is 4.42. The molecule has 84 valence electrons. The monoisotopic (exact) mass is 223 g/mol. The van der Waals surface area contributed by atoms with Gasteiger partial charge in [-0.15, -0.1) is 0 Å². The summed E-state index contributed by atoms with van der Waals surface area (Å²) in [4.78, 5) is 11.8. The van der Waals surface area contributed by atoms with Crippen LogP contribution in [0.2, 0.25) is 0 Å². The summed E-state index contributed by atoms with van der Waals surface area (Å²) in [6.45, 7) is 2.17. The van der Waals surface area contributed by atoms with Gasteiger partial charge in [0.2, 0.25) is 0 Å². The Morgan fingerprint density at radius 2 is 1.88 bits per heavy atom. The quantitative estimate of drug-likeness (QED) is 0.725. The molecular weight excluding hydrogens is 210 g/mol. The molecule has 0 saturated heterocycles. The first-order valence-electron chi connectivity index (χ1n) is 5.69. The van der Waals surface area contributed by atoms with Crippen LogP contribution in [-0.4, -0.2) is 15.0 Å². The van der Waals surface area contributed by atoms with Crippen molar-refractivity contribution in [1.82, 2.24) is 15.0 Å². The van der Waals surface area contributed by atoms with Gasteiger partial charge in [-0.2, -0.15) is 0 Å². The van der Waals surface area contributed by atoms with E-state index >= 15 is 0 Å². The zero-order chi connectivity index (χ0) is 11.7. The molecule has 1 N–H and O–H groups in total. The summed E-state index contributed by atoms with van der Waals surface area (Å²) >= 11 is 0. The van der Waals surface area contributed by atoms with Gasteiger partial charge in [0.1, 0.15) is 12.0 Å². The molecule has 0 radical (unpaired) electrons. The van der Waals surface area contributed by atoms with Crippen molar-refractivity contribution < 1.29 is 0 Å². The summed E-state index contributed by atoms with van der Waals surface area (Å²) in [5, 5.41) is 1.10. The number of benzene rings is 1. The predicted molar refractivity (Wildman–Crippen MR) is 67.8 cm³/mol. The first-order valence-corrected chi connectivity index (χ1v) is 5.69. The van der Waals surface area contributed by atoms with Crippen LogP contribution in [0.5, 0.6) is 0 Å². The smallest absolute Gasteiger partial charge is 0.140 e. The van der Waals surface area contributed by atoms with Crippen molar-refractivity contribution in [2.75, 3.05) is 0 Å². The highest BCUT2D eigenvalue weighted by molar-refractivity contribution is 5.78. The lowest BCUT2D eigenvalue weighted by Crippen LogP contribution is -2.00. The Balaban J connectivity index is 2.13. The first kappa shape index (κ1) is 10.0. The van der Waals surface area contributed by atoms with Gasteiger partial charge in [0.25, 0.3) is 0 Å². The molecule has 0 bridgehead atoms. The molecule has 3 rings (SSSR count). The van der Waals surface area contributed by atoms with Gasteiger partial charge in [-0.1, -0.05) is 37.3 Å². The fraction of sp³-hybridized carbons (Fsp3) is 0.143. The van der Waals surface area contributed by atoms with Gasteiger partial charge in [0, 0.05) is 17.5 Å². The minimum absolute atomic E-state index is 0.275. The zero-order valence-corrected chi connectivity index (χ0v) is 9.59. The average Bonchev–Trinajstić information content (AvgIpc) is 2.87. The molecule has 17 heavy (non-hydrogen) atoms. The Bertz CT molecular complexity index is 628. The van der Waals surface area contributed by atoms with Crippen LogP contribution in [0.1, 0.15) is 24.1 Å². The second-order valence-electron chi connectivity index (χ2n) is 4.13. The van der Waals surface area contributed by atoms with Crippen LogP contribution in [0.15, 0.2) is 48.9 Å². The van der Waals surface area contributed by atoms with Crippen LogP contribution < -0.4 is 0 Å². The molecule has 2 aromatic heterocycles. The minimum atomic E-state index is 0.275. The standard InChI is InChI=1S/C14H13N3/c1-10(11-5-3-2-4-6-11)13-12-7-8-15-14(12)17-9-16-13/h2-10H,1H3,(H,15,16,17). The maximum Gasteiger partial charge on any atom is 0.140 e. The lowest BCUT2D eigenvalue weighted by Gasteiger charge is -2.11. The summed E-state index contributed by atoms with van der Waals surface area (Å²) in [6, 6.07) is 12.4. The first-order chi connectivity index (χ1) is 8.36. The lowest BCUT2D eigenvalue weighted by atomic mass is 9.96. The minimum Gasteiger partial charge on any atom is -0.346 e. The van der Waals surface area contributed by atoms with Gasteiger partial charge in [-0.05, 0) is 11.6 Å². The van der Waals surface area contributed by atoms with Crippen molar-refractivity contribution in [1.29, 1.82) is 0 Å². The fourth-order valence-electron chi connectivity index (χ4n) is 2.14. The maximum atomic E-state index is 4.42. The van der Waals surface area contributed by atoms with Crippen LogP contribution in [0, 0.1) is 0 Å². The topological polar surface area (TPSA) is 41.6 Å². The molecule has 0 aliphatic rings. The van der Waals surface area contributed by atoms with Gasteiger partial charge >= 0.3 is 0 Å². The SMILES string of the molecule is CC(c1ccccc1)c1ncnc2[nH]ccc12. The van der Waals surface area contributed by atoms with Crippen LogP contribution in [-0.2, 0) is 0 Å². The highest BCUT2D eigenvalue weighted by Crippen LogP contribution is 2.26. The number of H-pyrrole nitrogens is 1. The van der Waals surface area contributed by atoms with E-state index in [0.717, 1.165) is 16.7 Å². The molecule has 0 aliphatic heterocycles. The Labute approximate surface area is 99.5 Å². The number of hydrogen-bond acceptors (Lipinski definition) is 2. The average molecular weight is 223 g/mol. The van der Waals surface area contributed by atoms with Gasteiger partial charge < -0.3 is 4.98 Å². The van der Waals surface area contributed by atoms with Gasteiger partial charge in [-0.25, -0.2) is 9.97 Å². The summed E-state index contributed by atoms with van der Waals surface area (Å²) in [5.41, 5.74) is 3.24. The van der Waals surface area contributed by atoms with Crippen LogP contribution in [0.4, 0.5) is 0 Å². The van der Waals surface area contributed by atoms with Crippen molar-refractivity contribution in [3.8, 4) is 0 Å². The van der Waals surface area contributed by atoms with Crippen LogP contribution in [0.3, 0.4) is 0 Å². The second-order valence-corrected chi connectivity index (χ2v) is 4.13. The van der Waals surface area contributed by atoms with E-state index < -0.39 is 0 Å². The third-order valence-corrected chi connectivity index (χ3v) is 3.09. The molecule has 1 unspecified atom stereocenters. The Morgan fingerprint density at radius 3 is 2.71 bits per heavy atom. The molecule has 3 heteroatoms. The van der Waals surface area contributed by atoms with Crippen molar-refractivity contribution >= 4 is 11.0 Å². The highest BCUT2D eigenvalue weighted by atomic mass is 14.9. The van der Waals surface area contributed by atoms with Gasteiger partial charge in [-0.3, -0.25) is 0 Å². The summed E-state index contributed by atoms with van der Waals surface area (Å²) in [7, 11) is 0.